The summed E-state index contributed by atoms with van der Waals surface area (Å²) >= 11 is 0. The van der Waals surface area contributed by atoms with E-state index in [1.165, 1.54) is 46.6 Å². The molecule has 0 saturated carbocycles. The molecule has 4 N–H and O–H groups in total. The molecule has 3 aromatic rings. The summed E-state index contributed by atoms with van der Waals surface area (Å²) in [4.78, 5) is 181. The van der Waals surface area contributed by atoms with Gasteiger partial charge in [0, 0.05) is 132 Å². The highest BCUT2D eigenvalue weighted by Gasteiger charge is 2.51. The van der Waals surface area contributed by atoms with Crippen LogP contribution in [0.3, 0.4) is 0 Å². The van der Waals surface area contributed by atoms with Crippen molar-refractivity contribution in [3.05, 3.63) is 108 Å². The second-order valence-corrected chi connectivity index (χ2v) is 28.1. The SMILES string of the molecule is CC(=O)NC1[C@H](OCCCCC(=O)NCCN(CCN(NC(=O)CCOC(=O)CCC(=O)CO[C@@H]2OC(COC(C)=O)[C@H](OC(C)=O)[C@H](OC(C)=O)C2C)C(=O)CCCCO[C@H]2OC(COC(C)=O)[C@@H](OC(C)=O)C(C)[C@H]2NC(C)=O)C(c2ccccc2)(c2ccccc2)c2ccccc2)OC(COC(C)=O)[C@H](OC(C)=O)[C@@H]1C. The van der Waals surface area contributed by atoms with Crippen LogP contribution in [0.5, 0.6) is 0 Å². The van der Waals surface area contributed by atoms with E-state index in [2.05, 4.69) is 26.3 Å². The van der Waals surface area contributed by atoms with Gasteiger partial charge in [-0.2, -0.15) is 0 Å². The molecule has 3 saturated heterocycles. The Hall–Kier alpha value is -9.84. The lowest BCUT2D eigenvalue weighted by atomic mass is 9.75. The standard InChI is InChI=1S/C80H110N6O28/c1-48-71(82-51(4)87)78(113-64(45-104-53(6)89)73(48)108-56(9)92)102-41-24-22-32-67(97)81-37-38-85(80(60-26-16-13-17-27-60,61-28-18-14-19-29-61)62-30-20-15-21-31-62)39-40-86(69(99)33-23-25-42-103-79-72(83-52(5)88)49(2)74(109-57(10)93)65(114-79)46-105-54(7)90)84-68(98)36-43-101-70(100)35-34-63(96)44-107-77-50(3)75(110-58(11)94)76(111-59(12)95)66(112-77)47-106-55(8)91/h13-21,26-31,48-50,64-66,71-79H,22-25,32-47H2,1-12H3,(H,81,97)(H,82,87)(H,83,88)(H,84,98)/t48-,49?,50?,64?,65?,66?,71?,72-,73-,74+,75-,76+,77-,78-,79+/m1/s1. The third-order valence-corrected chi connectivity index (χ3v) is 19.0. The zero-order valence-electron chi connectivity index (χ0n) is 66.8. The number of benzene rings is 3. The summed E-state index contributed by atoms with van der Waals surface area (Å²) in [5.74, 6) is -10.4. The summed E-state index contributed by atoms with van der Waals surface area (Å²) in [5.41, 5.74) is 4.02. The molecule has 3 heterocycles. The monoisotopic (exact) mass is 1600 g/mol. The van der Waals surface area contributed by atoms with Crippen LogP contribution in [0.4, 0.5) is 0 Å². The van der Waals surface area contributed by atoms with Gasteiger partial charge in [0.15, 0.2) is 30.8 Å². The number of carbonyl (C=O) groups excluding carboxylic acids is 14. The van der Waals surface area contributed by atoms with Crippen LogP contribution in [-0.2, 0) is 139 Å². The zero-order chi connectivity index (χ0) is 83.6. The number of hydrogen-bond acceptors (Lipinski definition) is 29. The number of carbonyl (C=O) groups is 14. The number of ether oxygens (including phenoxy) is 14. The van der Waals surface area contributed by atoms with E-state index in [0.29, 0.717) is 12.8 Å². The molecule has 0 bridgehead atoms. The van der Waals surface area contributed by atoms with Gasteiger partial charge in [0.1, 0.15) is 69.7 Å². The van der Waals surface area contributed by atoms with Crippen molar-refractivity contribution in [1.82, 2.24) is 31.3 Å². The van der Waals surface area contributed by atoms with Crippen LogP contribution in [0.15, 0.2) is 91.0 Å². The minimum Gasteiger partial charge on any atom is -0.465 e. The summed E-state index contributed by atoms with van der Waals surface area (Å²) < 4.78 is 79.8. The van der Waals surface area contributed by atoms with E-state index in [1.54, 1.807) is 20.8 Å². The number of rotatable bonds is 43. The molecule has 628 valence electrons. The molecule has 6 unspecified atom stereocenters. The fraction of sp³-hybridized carbons (Fsp3) is 0.600. The number of hydrazine groups is 1. The van der Waals surface area contributed by atoms with E-state index in [4.69, 9.17) is 66.3 Å². The maximum Gasteiger partial charge on any atom is 0.306 e. The molecule has 3 fully saturated rings. The van der Waals surface area contributed by atoms with Crippen LogP contribution < -0.4 is 21.4 Å². The van der Waals surface area contributed by atoms with Gasteiger partial charge in [-0.05, 0) is 42.4 Å². The third kappa shape index (κ3) is 29.5. The van der Waals surface area contributed by atoms with Crippen molar-refractivity contribution in [2.75, 3.05) is 72.4 Å². The first-order valence-corrected chi connectivity index (χ1v) is 38.2. The Balaban J connectivity index is 1.20. The van der Waals surface area contributed by atoms with Crippen molar-refractivity contribution >= 4 is 83.1 Å². The molecule has 34 heteroatoms. The topological polar surface area (TPSA) is 423 Å². The first-order valence-electron chi connectivity index (χ1n) is 38.2. The fourth-order valence-corrected chi connectivity index (χ4v) is 13.8. The summed E-state index contributed by atoms with van der Waals surface area (Å²) in [7, 11) is 0. The van der Waals surface area contributed by atoms with Crippen molar-refractivity contribution in [3.63, 3.8) is 0 Å². The number of ketones is 1. The molecule has 114 heavy (non-hydrogen) atoms. The van der Waals surface area contributed by atoms with Gasteiger partial charge in [0.25, 0.3) is 0 Å². The van der Waals surface area contributed by atoms with Crippen molar-refractivity contribution < 1.29 is 133 Å². The highest BCUT2D eigenvalue weighted by molar-refractivity contribution is 5.85. The van der Waals surface area contributed by atoms with Crippen molar-refractivity contribution in [2.45, 2.75) is 220 Å². The highest BCUT2D eigenvalue weighted by atomic mass is 16.7. The average Bonchev–Trinajstić information content (AvgIpc) is 0.737. The number of esters is 8. The number of amides is 5. The van der Waals surface area contributed by atoms with Crippen molar-refractivity contribution in [3.8, 4) is 0 Å². The molecule has 15 atom stereocenters. The Bertz CT molecular complexity index is 3590. The van der Waals surface area contributed by atoms with E-state index in [-0.39, 0.29) is 96.5 Å². The number of unbranched alkanes of at least 4 members (excludes halogenated alkanes) is 2. The van der Waals surface area contributed by atoms with Gasteiger partial charge in [0.05, 0.1) is 37.0 Å². The molecule has 5 amide bonds. The van der Waals surface area contributed by atoms with Gasteiger partial charge in [-0.3, -0.25) is 82.5 Å². The molecule has 0 radical (unpaired) electrons. The second-order valence-electron chi connectivity index (χ2n) is 28.1. The smallest absolute Gasteiger partial charge is 0.306 e. The van der Waals surface area contributed by atoms with E-state index < -0.39 is 201 Å². The maximum atomic E-state index is 14.9. The fourth-order valence-electron chi connectivity index (χ4n) is 13.8. The van der Waals surface area contributed by atoms with Crippen molar-refractivity contribution in [2.24, 2.45) is 17.8 Å². The Labute approximate surface area is 663 Å². The summed E-state index contributed by atoms with van der Waals surface area (Å²) in [5, 5.41) is 9.90. The lowest BCUT2D eigenvalue weighted by Crippen LogP contribution is -2.62. The maximum absolute atomic E-state index is 14.9. The van der Waals surface area contributed by atoms with Gasteiger partial charge in [0.2, 0.25) is 29.5 Å². The summed E-state index contributed by atoms with van der Waals surface area (Å²) in [6.07, 6.45) is -11.0. The Morgan fingerprint density at radius 3 is 1.26 bits per heavy atom. The first-order chi connectivity index (χ1) is 54.3. The molecule has 34 nitrogen and oxygen atoms in total. The van der Waals surface area contributed by atoms with Crippen LogP contribution in [0.1, 0.15) is 158 Å². The van der Waals surface area contributed by atoms with Crippen molar-refractivity contribution in [1.29, 1.82) is 0 Å². The molecule has 0 aromatic heterocycles. The Kier molecular flexibility index (Phi) is 38.4. The van der Waals surface area contributed by atoms with E-state index in [9.17, 15) is 67.1 Å². The molecule has 3 aromatic carbocycles. The molecular weight excluding hydrogens is 1490 g/mol. The predicted octanol–water partition coefficient (Wildman–Crippen LogP) is 4.44. The minimum absolute atomic E-state index is 0.0191. The summed E-state index contributed by atoms with van der Waals surface area (Å²) in [6, 6.07) is 27.3. The first kappa shape index (κ1) is 93.0. The molecule has 0 aliphatic carbocycles. The van der Waals surface area contributed by atoms with Crippen LogP contribution in [0.25, 0.3) is 0 Å². The van der Waals surface area contributed by atoms with Crippen LogP contribution >= 0.6 is 0 Å². The third-order valence-electron chi connectivity index (χ3n) is 19.0. The van der Waals surface area contributed by atoms with Gasteiger partial charge in [-0.1, -0.05) is 112 Å². The minimum atomic E-state index is -1.24. The number of nitrogens with one attached hydrogen (secondary N) is 4. The Morgan fingerprint density at radius 2 is 0.825 bits per heavy atom. The van der Waals surface area contributed by atoms with E-state index in [0.717, 1.165) is 37.5 Å². The number of nitrogens with zero attached hydrogens (tertiary/aromatic N) is 2. The molecule has 0 spiro atoms. The molecule has 3 aliphatic heterocycles. The second kappa shape index (κ2) is 47.1. The normalized spacial score (nSPS) is 23.2. The van der Waals surface area contributed by atoms with Gasteiger partial charge in [-0.25, -0.2) is 0 Å². The largest absolute Gasteiger partial charge is 0.465 e. The molecule has 3 aliphatic rings. The highest BCUT2D eigenvalue weighted by Crippen LogP contribution is 2.43. The van der Waals surface area contributed by atoms with Crippen LogP contribution in [0, 0.1) is 17.8 Å². The average molecular weight is 1600 g/mol. The molecule has 6 rings (SSSR count). The van der Waals surface area contributed by atoms with Gasteiger partial charge >= 0.3 is 47.8 Å². The van der Waals surface area contributed by atoms with Gasteiger partial charge in [-0.15, -0.1) is 0 Å². The van der Waals surface area contributed by atoms with E-state index in [1.807, 2.05) is 91.0 Å². The predicted molar refractivity (Wildman–Crippen MR) is 400 cm³/mol. The number of hydrogen-bond donors (Lipinski definition) is 4. The quantitative estimate of drug-likeness (QED) is 0.0200. The number of Topliss-reactive ketones (excluding diaryl/α,β-unsaturated/α-hetero) is 1. The Morgan fingerprint density at radius 1 is 0.404 bits per heavy atom. The molecular formula is C80H110N6O28. The van der Waals surface area contributed by atoms with E-state index >= 15 is 0 Å². The lowest BCUT2D eigenvalue weighted by Gasteiger charge is -2.46. The zero-order valence-corrected chi connectivity index (χ0v) is 66.8. The lowest BCUT2D eigenvalue weighted by molar-refractivity contribution is -0.287. The summed E-state index contributed by atoms with van der Waals surface area (Å²) in [6.45, 7) is 14.0. The van der Waals surface area contributed by atoms with Gasteiger partial charge < -0.3 is 82.3 Å². The van der Waals surface area contributed by atoms with Crippen LogP contribution in [0.2, 0.25) is 0 Å². The van der Waals surface area contributed by atoms with Crippen LogP contribution in [-0.4, -0.2) is 239 Å².